The van der Waals surface area contributed by atoms with Crippen LogP contribution < -0.4 is 0 Å². The first-order chi connectivity index (χ1) is 8.22. The van der Waals surface area contributed by atoms with Gasteiger partial charge in [-0.05, 0) is 32.7 Å². The van der Waals surface area contributed by atoms with Crippen LogP contribution in [0.3, 0.4) is 0 Å². The summed E-state index contributed by atoms with van der Waals surface area (Å²) < 4.78 is 33.2. The van der Waals surface area contributed by atoms with E-state index < -0.39 is 46.4 Å². The number of hydrogen-bond acceptors (Lipinski definition) is 6. The predicted molar refractivity (Wildman–Crippen MR) is 91.5 cm³/mol. The molecule has 1 unspecified atom stereocenters. The van der Waals surface area contributed by atoms with Gasteiger partial charge in [0, 0.05) is 0 Å². The average molecular weight is 379 g/mol. The molecule has 0 saturated carbocycles. The van der Waals surface area contributed by atoms with Crippen LogP contribution in [0, 0.1) is 0 Å². The van der Waals surface area contributed by atoms with Crippen molar-refractivity contribution in [1.82, 2.24) is 0 Å². The van der Waals surface area contributed by atoms with E-state index in [-0.39, 0.29) is 0 Å². The van der Waals surface area contributed by atoms with Gasteiger partial charge in [0.2, 0.25) is 0 Å². The Balaban J connectivity index is 0.000000873. The average Bonchev–Trinajstić information content (AvgIpc) is 2.14. The Bertz CT molecular complexity index is 228. The van der Waals surface area contributed by atoms with Crippen LogP contribution in [0.25, 0.3) is 0 Å². The van der Waals surface area contributed by atoms with Gasteiger partial charge in [-0.15, -0.1) is 0 Å². The molecule has 0 aromatic carbocycles. The van der Waals surface area contributed by atoms with E-state index in [9.17, 15) is 0 Å². The van der Waals surface area contributed by atoms with Crippen molar-refractivity contribution in [3.05, 3.63) is 0 Å². The summed E-state index contributed by atoms with van der Waals surface area (Å²) in [6.45, 7) is 10.3. The third-order valence-corrected chi connectivity index (χ3v) is 16.4. The molecule has 6 nitrogen and oxygen atoms in total. The Labute approximate surface area is 125 Å². The first kappa shape index (κ1) is 19.3. The molecule has 1 atom stereocenters. The van der Waals surface area contributed by atoms with Gasteiger partial charge in [0.1, 0.15) is 21.0 Å². The lowest BCUT2D eigenvalue weighted by atomic mass is 11.9. The first-order valence-electron chi connectivity index (χ1n) is 5.84. The van der Waals surface area contributed by atoms with Crippen molar-refractivity contribution >= 4 is 67.4 Å². The van der Waals surface area contributed by atoms with Gasteiger partial charge in [-0.1, -0.05) is 0 Å². The van der Waals surface area contributed by atoms with Crippen molar-refractivity contribution in [2.45, 2.75) is 32.7 Å². The molecule has 0 spiro atoms. The van der Waals surface area contributed by atoms with Gasteiger partial charge in [0.05, 0.1) is 0 Å². The van der Waals surface area contributed by atoms with Gasteiger partial charge >= 0.3 is 17.1 Å². The summed E-state index contributed by atoms with van der Waals surface area (Å²) in [6.07, 6.45) is 0. The van der Waals surface area contributed by atoms with Crippen LogP contribution in [-0.4, -0.2) is 67.4 Å². The highest BCUT2D eigenvalue weighted by Crippen LogP contribution is 2.18. The fourth-order valence-electron chi connectivity index (χ4n) is 1.44. The molecule has 0 radical (unpaired) electrons. The van der Waals surface area contributed by atoms with Crippen molar-refractivity contribution in [2.75, 3.05) is 0 Å². The highest BCUT2D eigenvalue weighted by Gasteiger charge is 2.38. The lowest BCUT2D eigenvalue weighted by Gasteiger charge is -2.35. The second-order valence-electron chi connectivity index (χ2n) is 4.75. The summed E-state index contributed by atoms with van der Waals surface area (Å²) >= 11 is 0. The van der Waals surface area contributed by atoms with Gasteiger partial charge in [-0.3, -0.25) is 0 Å². The molecule has 1 aliphatic rings. The SMILES string of the molecule is C[SiH]1O[SiH2]O[SiH2]O[Si](C)(C)O[Si](C)(C)O1.[SiH3]O[SiH3]. The van der Waals surface area contributed by atoms with Gasteiger partial charge in [-0.2, -0.15) is 0 Å². The van der Waals surface area contributed by atoms with E-state index in [1.165, 1.54) is 0 Å². The predicted octanol–water partition coefficient (Wildman–Crippen LogP) is -3.10. The Hall–Kier alpha value is 1.28. The summed E-state index contributed by atoms with van der Waals surface area (Å²) in [4.78, 5) is 0. The van der Waals surface area contributed by atoms with Crippen LogP contribution in [0.4, 0.5) is 0 Å². The van der Waals surface area contributed by atoms with Gasteiger partial charge in [0.15, 0.2) is 0 Å². The second-order valence-corrected chi connectivity index (χ2v) is 21.1. The van der Waals surface area contributed by atoms with E-state index in [1.807, 2.05) is 6.55 Å². The van der Waals surface area contributed by atoms with E-state index >= 15 is 0 Å². The third-order valence-electron chi connectivity index (χ3n) is 1.82. The van der Waals surface area contributed by atoms with Crippen LogP contribution in [0.15, 0.2) is 0 Å². The van der Waals surface area contributed by atoms with Crippen molar-refractivity contribution in [3.63, 3.8) is 0 Å². The molecule has 1 rings (SSSR count). The maximum Gasteiger partial charge on any atom is 0.313 e. The molecular formula is C5H26O6Si7. The summed E-state index contributed by atoms with van der Waals surface area (Å²) in [5, 5.41) is 0. The molecule has 0 bridgehead atoms. The largest absolute Gasteiger partial charge is 0.471 e. The molecule has 0 aromatic rings. The van der Waals surface area contributed by atoms with Crippen LogP contribution in [0.1, 0.15) is 0 Å². The fraction of sp³-hybridized carbons (Fsp3) is 1.00. The van der Waals surface area contributed by atoms with Crippen LogP contribution in [-0.2, 0) is 24.7 Å². The number of rotatable bonds is 0. The third kappa shape index (κ3) is 10.1. The maximum absolute atomic E-state index is 6.03. The topological polar surface area (TPSA) is 55.4 Å². The van der Waals surface area contributed by atoms with Crippen molar-refractivity contribution in [1.29, 1.82) is 0 Å². The molecule has 0 aliphatic carbocycles. The molecule has 1 saturated heterocycles. The summed E-state index contributed by atoms with van der Waals surface area (Å²) in [6, 6.07) is 0. The van der Waals surface area contributed by atoms with Crippen LogP contribution in [0.2, 0.25) is 32.7 Å². The van der Waals surface area contributed by atoms with Crippen molar-refractivity contribution in [2.24, 2.45) is 0 Å². The maximum atomic E-state index is 6.03. The Kier molecular flexibility index (Phi) is 9.91. The molecule has 18 heavy (non-hydrogen) atoms. The van der Waals surface area contributed by atoms with E-state index in [1.54, 1.807) is 0 Å². The van der Waals surface area contributed by atoms with E-state index in [0.29, 0.717) is 0 Å². The van der Waals surface area contributed by atoms with Gasteiger partial charge < -0.3 is 24.7 Å². The zero-order valence-corrected chi connectivity index (χ0v) is 22.4. The van der Waals surface area contributed by atoms with Gasteiger partial charge in [-0.25, -0.2) is 0 Å². The quantitative estimate of drug-likeness (QED) is 0.416. The standard InChI is InChI=1S/C5H20O5Si5.H6OSi2/c1-13-7-11-6-12-8-14(2,3)10-15(4,5)9-13;2-1-3/h13H,11-12H2,1-5H3;2-3H3. The highest BCUT2D eigenvalue weighted by molar-refractivity contribution is 6.83. The molecule has 0 N–H and O–H groups in total. The van der Waals surface area contributed by atoms with Gasteiger partial charge in [0.25, 0.3) is 29.3 Å². The van der Waals surface area contributed by atoms with E-state index in [4.69, 9.17) is 20.6 Å². The zero-order valence-electron chi connectivity index (χ0n) is 12.4. The molecule has 110 valence electrons. The minimum atomic E-state index is -2.06. The number of hydrogen-bond donors (Lipinski definition) is 0. The Morgan fingerprint density at radius 1 is 1.06 bits per heavy atom. The minimum absolute atomic E-state index is 0.869. The molecule has 13 heteroatoms. The van der Waals surface area contributed by atoms with E-state index in [2.05, 4.69) is 30.3 Å². The normalized spacial score (nSPS) is 30.8. The fourth-order valence-corrected chi connectivity index (χ4v) is 16.2. The molecule has 1 fully saturated rings. The lowest BCUT2D eigenvalue weighted by molar-refractivity contribution is 0.285. The zero-order chi connectivity index (χ0) is 14.2. The van der Waals surface area contributed by atoms with Crippen LogP contribution in [0.5, 0.6) is 0 Å². The highest BCUT2D eigenvalue weighted by atomic mass is 28.5. The monoisotopic (exact) mass is 378 g/mol. The molecule has 0 aromatic heterocycles. The summed E-state index contributed by atoms with van der Waals surface area (Å²) in [5.41, 5.74) is 0. The molecular weight excluding hydrogens is 353 g/mol. The van der Waals surface area contributed by atoms with Crippen molar-refractivity contribution < 1.29 is 24.7 Å². The van der Waals surface area contributed by atoms with E-state index in [0.717, 1.165) is 21.0 Å². The first-order valence-corrected chi connectivity index (χ1v) is 17.5. The Morgan fingerprint density at radius 2 is 1.61 bits per heavy atom. The van der Waals surface area contributed by atoms with Crippen molar-refractivity contribution in [3.8, 4) is 0 Å². The smallest absolute Gasteiger partial charge is 0.313 e. The molecule has 0 amide bonds. The summed E-state index contributed by atoms with van der Waals surface area (Å²) in [5.74, 6) is 0. The Morgan fingerprint density at radius 3 is 2.17 bits per heavy atom. The second kappa shape index (κ2) is 9.26. The summed E-state index contributed by atoms with van der Waals surface area (Å²) in [7, 11) is -5.54. The van der Waals surface area contributed by atoms with Crippen LogP contribution >= 0.6 is 0 Å². The molecule has 1 heterocycles. The lowest BCUT2D eigenvalue weighted by Crippen LogP contribution is -2.52. The molecule has 1 aliphatic heterocycles. The minimum Gasteiger partial charge on any atom is -0.471 e.